The maximum atomic E-state index is 13.9. The third kappa shape index (κ3) is 3.78. The zero-order chi connectivity index (χ0) is 19.7. The predicted octanol–water partition coefficient (Wildman–Crippen LogP) is 2.40. The predicted molar refractivity (Wildman–Crippen MR) is 104 cm³/mol. The number of benzene rings is 1. The Bertz CT molecular complexity index is 740. The second kappa shape index (κ2) is 7.79. The highest BCUT2D eigenvalue weighted by molar-refractivity contribution is 6.07. The van der Waals surface area contributed by atoms with E-state index in [9.17, 15) is 14.0 Å². The number of nitrogens with zero attached hydrogens (tertiary/aromatic N) is 3. The van der Waals surface area contributed by atoms with E-state index in [4.69, 9.17) is 0 Å². The molecule has 3 fully saturated rings. The van der Waals surface area contributed by atoms with E-state index in [0.717, 1.165) is 51.9 Å². The van der Waals surface area contributed by atoms with Gasteiger partial charge < -0.3 is 5.32 Å². The molecule has 1 aliphatic carbocycles. The molecule has 1 N–H and O–H groups in total. The van der Waals surface area contributed by atoms with Gasteiger partial charge in [-0.25, -0.2) is 14.1 Å². The summed E-state index contributed by atoms with van der Waals surface area (Å²) in [6.45, 7) is 6.24. The number of nitrogens with one attached hydrogen (secondary N) is 1. The third-order valence-corrected chi connectivity index (χ3v) is 6.53. The minimum atomic E-state index is -0.670. The van der Waals surface area contributed by atoms with Crippen LogP contribution in [0.2, 0.25) is 0 Å². The van der Waals surface area contributed by atoms with Gasteiger partial charge >= 0.3 is 6.03 Å². The summed E-state index contributed by atoms with van der Waals surface area (Å²) in [5.41, 5.74) is 0.0366. The molecule has 2 saturated heterocycles. The first kappa shape index (κ1) is 19.3. The van der Waals surface area contributed by atoms with E-state index in [1.54, 1.807) is 6.07 Å². The Labute approximate surface area is 165 Å². The zero-order valence-electron chi connectivity index (χ0n) is 16.5. The molecule has 2 aliphatic heterocycles. The second-order valence-corrected chi connectivity index (χ2v) is 8.55. The van der Waals surface area contributed by atoms with Crippen molar-refractivity contribution in [3.8, 4) is 0 Å². The molecule has 0 aromatic heterocycles. The second-order valence-electron chi connectivity index (χ2n) is 8.55. The van der Waals surface area contributed by atoms with E-state index in [0.29, 0.717) is 24.7 Å². The average Bonchev–Trinajstić information content (AvgIpc) is 2.92. The zero-order valence-corrected chi connectivity index (χ0v) is 16.5. The van der Waals surface area contributed by atoms with Gasteiger partial charge in [-0.2, -0.15) is 0 Å². The highest BCUT2D eigenvalue weighted by Crippen LogP contribution is 2.36. The van der Waals surface area contributed by atoms with Crippen LogP contribution in [-0.4, -0.2) is 65.0 Å². The molecule has 6 nitrogen and oxygen atoms in total. The van der Waals surface area contributed by atoms with E-state index in [2.05, 4.69) is 22.0 Å². The Balaban J connectivity index is 1.31. The Morgan fingerprint density at radius 2 is 1.71 bits per heavy atom. The van der Waals surface area contributed by atoms with Crippen molar-refractivity contribution in [2.45, 2.75) is 44.7 Å². The Morgan fingerprint density at radius 1 is 1.07 bits per heavy atom. The monoisotopic (exact) mass is 388 g/mol. The van der Waals surface area contributed by atoms with E-state index in [1.165, 1.54) is 11.0 Å². The highest BCUT2D eigenvalue weighted by Gasteiger charge is 2.52. The molecule has 2 heterocycles. The molecule has 0 radical (unpaired) electrons. The molecule has 1 spiro atoms. The number of hydrogen-bond acceptors (Lipinski definition) is 4. The maximum Gasteiger partial charge on any atom is 0.326 e. The van der Waals surface area contributed by atoms with Gasteiger partial charge in [0.25, 0.3) is 5.91 Å². The van der Waals surface area contributed by atoms with Gasteiger partial charge in [0.2, 0.25) is 0 Å². The Hall–Kier alpha value is -1.99. The Morgan fingerprint density at radius 3 is 2.39 bits per heavy atom. The smallest absolute Gasteiger partial charge is 0.323 e. The highest BCUT2D eigenvalue weighted by atomic mass is 19.1. The molecule has 0 unspecified atom stereocenters. The summed E-state index contributed by atoms with van der Waals surface area (Å²) in [4.78, 5) is 31.2. The number of amides is 3. The molecule has 7 heteroatoms. The van der Waals surface area contributed by atoms with Crippen LogP contribution >= 0.6 is 0 Å². The number of carbonyl (C=O) groups is 2. The number of piperazine rings is 1. The summed E-state index contributed by atoms with van der Waals surface area (Å²) in [7, 11) is 0. The fraction of sp³-hybridized carbons (Fsp3) is 0.619. The number of carbonyl (C=O) groups excluding carboxylic acids is 2. The molecule has 28 heavy (non-hydrogen) atoms. The quantitative estimate of drug-likeness (QED) is 0.805. The largest absolute Gasteiger partial charge is 0.326 e. The van der Waals surface area contributed by atoms with Gasteiger partial charge in [-0.15, -0.1) is 0 Å². The molecule has 1 aromatic rings. The lowest BCUT2D eigenvalue weighted by Crippen LogP contribution is -2.52. The van der Waals surface area contributed by atoms with Gasteiger partial charge in [0, 0.05) is 38.3 Å². The van der Waals surface area contributed by atoms with Gasteiger partial charge in [-0.05, 0) is 37.7 Å². The topological polar surface area (TPSA) is 55.9 Å². The van der Waals surface area contributed by atoms with Crippen molar-refractivity contribution in [1.82, 2.24) is 20.0 Å². The normalized spacial score (nSPS) is 29.5. The molecule has 3 amide bonds. The molecule has 3 aliphatic rings. The van der Waals surface area contributed by atoms with Gasteiger partial charge in [0.15, 0.2) is 0 Å². The summed E-state index contributed by atoms with van der Waals surface area (Å²) in [5, 5.41) is 2.99. The molecule has 0 bridgehead atoms. The van der Waals surface area contributed by atoms with Crippen LogP contribution < -0.4 is 5.32 Å². The first-order valence-electron chi connectivity index (χ1n) is 10.3. The van der Waals surface area contributed by atoms with E-state index >= 15 is 0 Å². The van der Waals surface area contributed by atoms with Gasteiger partial charge in [-0.1, -0.05) is 25.1 Å². The van der Waals surface area contributed by atoms with Crippen LogP contribution in [-0.2, 0) is 11.3 Å². The maximum absolute atomic E-state index is 13.9. The number of imide groups is 1. The number of rotatable bonds is 4. The summed E-state index contributed by atoms with van der Waals surface area (Å²) in [5.74, 6) is 0.390. The van der Waals surface area contributed by atoms with Crippen LogP contribution in [0.3, 0.4) is 0 Å². The van der Waals surface area contributed by atoms with Gasteiger partial charge in [0.1, 0.15) is 11.4 Å². The fourth-order valence-electron chi connectivity index (χ4n) is 4.55. The number of halogens is 1. The molecule has 0 atom stereocenters. The fourth-order valence-corrected chi connectivity index (χ4v) is 4.55. The Kier molecular flexibility index (Phi) is 5.38. The molecular weight excluding hydrogens is 359 g/mol. The molecule has 1 aromatic carbocycles. The van der Waals surface area contributed by atoms with Crippen molar-refractivity contribution < 1.29 is 14.0 Å². The lowest BCUT2D eigenvalue weighted by Gasteiger charge is -2.37. The molecule has 152 valence electrons. The SMILES string of the molecule is CC1CCC2(CC1)NC(=O)N(CN1CCN(Cc3ccccc3F)CC1)C2=O. The van der Waals surface area contributed by atoms with Crippen molar-refractivity contribution in [2.75, 3.05) is 32.8 Å². The summed E-state index contributed by atoms with van der Waals surface area (Å²) in [6, 6.07) is 6.61. The summed E-state index contributed by atoms with van der Waals surface area (Å²) in [6.07, 6.45) is 3.44. The van der Waals surface area contributed by atoms with Crippen LogP contribution in [0.5, 0.6) is 0 Å². The van der Waals surface area contributed by atoms with E-state index < -0.39 is 5.54 Å². The van der Waals surface area contributed by atoms with Crippen molar-refractivity contribution in [2.24, 2.45) is 5.92 Å². The standard InChI is InChI=1S/C21H29FN4O2/c1-16-6-8-21(9-7-16)19(27)26(20(28)23-21)15-25-12-10-24(11-13-25)14-17-4-2-3-5-18(17)22/h2-5,16H,6-15H2,1H3,(H,23,28). The lowest BCUT2D eigenvalue weighted by molar-refractivity contribution is -0.134. The average molecular weight is 388 g/mol. The first-order valence-corrected chi connectivity index (χ1v) is 10.3. The van der Waals surface area contributed by atoms with Crippen LogP contribution in [0.1, 0.15) is 38.2 Å². The van der Waals surface area contributed by atoms with Crippen LogP contribution in [0.4, 0.5) is 9.18 Å². The summed E-state index contributed by atoms with van der Waals surface area (Å²) < 4.78 is 13.9. The van der Waals surface area contributed by atoms with E-state index in [1.807, 2.05) is 12.1 Å². The van der Waals surface area contributed by atoms with Crippen LogP contribution in [0.25, 0.3) is 0 Å². The summed E-state index contributed by atoms with van der Waals surface area (Å²) >= 11 is 0. The molecule has 1 saturated carbocycles. The first-order chi connectivity index (χ1) is 13.5. The lowest BCUT2D eigenvalue weighted by atomic mass is 9.77. The van der Waals surface area contributed by atoms with E-state index in [-0.39, 0.29) is 17.8 Å². The number of hydrogen-bond donors (Lipinski definition) is 1. The van der Waals surface area contributed by atoms with Crippen LogP contribution in [0.15, 0.2) is 24.3 Å². The van der Waals surface area contributed by atoms with Crippen molar-refractivity contribution >= 4 is 11.9 Å². The van der Waals surface area contributed by atoms with Gasteiger partial charge in [-0.3, -0.25) is 14.6 Å². The molecule has 4 rings (SSSR count). The van der Waals surface area contributed by atoms with Crippen molar-refractivity contribution in [1.29, 1.82) is 0 Å². The third-order valence-electron chi connectivity index (χ3n) is 6.53. The van der Waals surface area contributed by atoms with Crippen molar-refractivity contribution in [3.63, 3.8) is 0 Å². The minimum Gasteiger partial charge on any atom is -0.323 e. The molecular formula is C21H29FN4O2. The number of urea groups is 1. The minimum absolute atomic E-state index is 0.0572. The van der Waals surface area contributed by atoms with Gasteiger partial charge in [0.05, 0.1) is 6.67 Å². The van der Waals surface area contributed by atoms with Crippen LogP contribution in [0, 0.1) is 11.7 Å². The van der Waals surface area contributed by atoms with Crippen molar-refractivity contribution in [3.05, 3.63) is 35.6 Å².